The van der Waals surface area contributed by atoms with Crippen LogP contribution in [0.25, 0.3) is 0 Å². The summed E-state index contributed by atoms with van der Waals surface area (Å²) in [6.07, 6.45) is 4.57. The van der Waals surface area contributed by atoms with Gasteiger partial charge in [-0.25, -0.2) is 0 Å². The van der Waals surface area contributed by atoms with Crippen LogP contribution in [0.3, 0.4) is 0 Å². The molecule has 23 heavy (non-hydrogen) atoms. The number of nitrogens with one attached hydrogen (secondary N) is 1. The molecule has 1 aliphatic heterocycles. The molecule has 3 rings (SSSR count). The van der Waals surface area contributed by atoms with Gasteiger partial charge in [0.15, 0.2) is 0 Å². The van der Waals surface area contributed by atoms with Gasteiger partial charge in [0.25, 0.3) is 0 Å². The molecule has 2 aliphatic rings. The molecule has 0 bridgehead atoms. The van der Waals surface area contributed by atoms with Crippen molar-refractivity contribution in [3.05, 3.63) is 11.8 Å². The molecule has 1 aromatic rings. The first-order valence-electron chi connectivity index (χ1n) is 8.34. The third-order valence-corrected chi connectivity index (χ3v) is 5.01. The van der Waals surface area contributed by atoms with Crippen molar-refractivity contribution in [3.8, 4) is 0 Å². The Morgan fingerprint density at radius 3 is 2.74 bits per heavy atom. The van der Waals surface area contributed by atoms with Crippen molar-refractivity contribution >= 4 is 17.6 Å². The van der Waals surface area contributed by atoms with Crippen LogP contribution < -0.4 is 16.0 Å². The van der Waals surface area contributed by atoms with Gasteiger partial charge in [-0.3, -0.25) is 19.2 Å². The lowest BCUT2D eigenvalue weighted by molar-refractivity contribution is -0.125. The van der Waals surface area contributed by atoms with Gasteiger partial charge in [0.1, 0.15) is 5.82 Å². The topological polar surface area (TPSA) is 93.3 Å². The van der Waals surface area contributed by atoms with Crippen molar-refractivity contribution in [1.82, 2.24) is 15.1 Å². The van der Waals surface area contributed by atoms with Gasteiger partial charge in [-0.2, -0.15) is 5.10 Å². The van der Waals surface area contributed by atoms with Crippen LogP contribution in [0.1, 0.15) is 37.8 Å². The number of aromatic nitrogens is 2. The molecule has 1 saturated carbocycles. The molecular formula is C16H25N5O2. The smallest absolute Gasteiger partial charge is 0.245 e. The average Bonchev–Trinajstić information content (AvgIpc) is 3.02. The minimum absolute atomic E-state index is 0.0171. The first kappa shape index (κ1) is 16.0. The third kappa shape index (κ3) is 3.10. The molecule has 0 aromatic carbocycles. The Morgan fingerprint density at radius 1 is 1.35 bits per heavy atom. The lowest BCUT2D eigenvalue weighted by atomic mass is 9.83. The normalized spacial score (nSPS) is 28.3. The number of carbonyl (C=O) groups is 2. The van der Waals surface area contributed by atoms with E-state index < -0.39 is 0 Å². The van der Waals surface area contributed by atoms with Crippen LogP contribution in [0.4, 0.5) is 5.82 Å². The number of amides is 2. The highest BCUT2D eigenvalue weighted by molar-refractivity contribution is 5.98. The fourth-order valence-electron chi connectivity index (χ4n) is 3.84. The minimum atomic E-state index is -0.258. The monoisotopic (exact) mass is 319 g/mol. The molecule has 1 aliphatic carbocycles. The van der Waals surface area contributed by atoms with Crippen molar-refractivity contribution in [2.45, 2.75) is 51.1 Å². The summed E-state index contributed by atoms with van der Waals surface area (Å²) in [4.78, 5) is 26.1. The van der Waals surface area contributed by atoms with Crippen molar-refractivity contribution in [2.24, 2.45) is 18.7 Å². The molecule has 126 valence electrons. The van der Waals surface area contributed by atoms with Crippen LogP contribution in [-0.2, 0) is 16.6 Å². The van der Waals surface area contributed by atoms with Gasteiger partial charge in [-0.1, -0.05) is 12.8 Å². The largest absolute Gasteiger partial charge is 0.369 e. The Labute approximate surface area is 136 Å². The zero-order valence-corrected chi connectivity index (χ0v) is 13.8. The molecule has 7 heteroatoms. The highest BCUT2D eigenvalue weighted by atomic mass is 16.2. The summed E-state index contributed by atoms with van der Waals surface area (Å²) in [5.41, 5.74) is 6.42. The second-order valence-electron chi connectivity index (χ2n) is 6.67. The minimum Gasteiger partial charge on any atom is -0.369 e. The van der Waals surface area contributed by atoms with Crippen LogP contribution in [-0.4, -0.2) is 40.2 Å². The highest BCUT2D eigenvalue weighted by Crippen LogP contribution is 2.27. The molecule has 3 N–H and O–H groups in total. The molecule has 2 fully saturated rings. The number of aryl methyl sites for hydroxylation is 2. The van der Waals surface area contributed by atoms with Gasteiger partial charge < -0.3 is 11.1 Å². The van der Waals surface area contributed by atoms with Crippen molar-refractivity contribution in [3.63, 3.8) is 0 Å². The van der Waals surface area contributed by atoms with Crippen molar-refractivity contribution in [1.29, 1.82) is 0 Å². The van der Waals surface area contributed by atoms with Crippen LogP contribution in [0, 0.1) is 12.8 Å². The Bertz CT molecular complexity index is 612. The highest BCUT2D eigenvalue weighted by Gasteiger charge is 2.38. The van der Waals surface area contributed by atoms with E-state index in [1.165, 1.54) is 0 Å². The van der Waals surface area contributed by atoms with E-state index in [0.29, 0.717) is 6.54 Å². The molecule has 1 saturated heterocycles. The Balaban J connectivity index is 1.69. The first-order chi connectivity index (χ1) is 11.0. The Hall–Kier alpha value is -1.89. The summed E-state index contributed by atoms with van der Waals surface area (Å²) in [7, 11) is 1.85. The second kappa shape index (κ2) is 6.31. The summed E-state index contributed by atoms with van der Waals surface area (Å²) in [6.45, 7) is 2.59. The molecule has 2 amide bonds. The zero-order valence-electron chi connectivity index (χ0n) is 13.8. The maximum atomic E-state index is 12.7. The van der Waals surface area contributed by atoms with Crippen molar-refractivity contribution in [2.75, 3.05) is 11.4 Å². The number of hydrogen-bond acceptors (Lipinski definition) is 4. The zero-order chi connectivity index (χ0) is 16.6. The summed E-state index contributed by atoms with van der Waals surface area (Å²) in [5, 5.41) is 7.71. The number of anilines is 1. The van der Waals surface area contributed by atoms with E-state index >= 15 is 0 Å². The number of nitrogens with two attached hydrogens (primary N) is 1. The second-order valence-corrected chi connectivity index (χ2v) is 6.67. The molecule has 2 heterocycles. The first-order valence-corrected chi connectivity index (χ1v) is 8.34. The predicted molar refractivity (Wildman–Crippen MR) is 86.8 cm³/mol. The van der Waals surface area contributed by atoms with Gasteiger partial charge in [0.2, 0.25) is 11.8 Å². The van der Waals surface area contributed by atoms with E-state index in [9.17, 15) is 9.59 Å². The molecule has 7 nitrogen and oxygen atoms in total. The van der Waals surface area contributed by atoms with Crippen LogP contribution in [0.5, 0.6) is 0 Å². The van der Waals surface area contributed by atoms with Gasteiger partial charge in [-0.05, 0) is 26.2 Å². The quantitative estimate of drug-likeness (QED) is 0.843. The third-order valence-electron chi connectivity index (χ3n) is 5.01. The predicted octanol–water partition coefficient (Wildman–Crippen LogP) is 0.468. The van der Waals surface area contributed by atoms with E-state index in [1.54, 1.807) is 9.58 Å². The summed E-state index contributed by atoms with van der Waals surface area (Å²) < 4.78 is 1.74. The molecule has 1 aromatic heterocycles. The SMILES string of the molecule is Cc1cc(N2CC[C@H](N[C@H]3CCCC[C@@H]3C(N)=O)C2=O)n(C)n1. The summed E-state index contributed by atoms with van der Waals surface area (Å²) in [6, 6.07) is 1.70. The maximum Gasteiger partial charge on any atom is 0.245 e. The maximum absolute atomic E-state index is 12.7. The van der Waals surface area contributed by atoms with Crippen LogP contribution >= 0.6 is 0 Å². The molecular weight excluding hydrogens is 294 g/mol. The van der Waals surface area contributed by atoms with Crippen LogP contribution in [0.15, 0.2) is 6.07 Å². The standard InChI is InChI=1S/C16H25N5O2/c1-10-9-14(20(2)19-10)21-8-7-13(16(21)23)18-12-6-4-3-5-11(12)15(17)22/h9,11-13,18H,3-8H2,1-2H3,(H2,17,22)/t11-,12-,13-/m0/s1. The average molecular weight is 319 g/mol. The van der Waals surface area contributed by atoms with E-state index in [4.69, 9.17) is 5.73 Å². The molecule has 0 unspecified atom stereocenters. The number of nitrogens with zero attached hydrogens (tertiary/aromatic N) is 3. The van der Waals surface area contributed by atoms with Crippen LogP contribution in [0.2, 0.25) is 0 Å². The fourth-order valence-corrected chi connectivity index (χ4v) is 3.84. The van der Waals surface area contributed by atoms with E-state index in [-0.39, 0.29) is 29.8 Å². The number of hydrogen-bond donors (Lipinski definition) is 2. The number of rotatable bonds is 4. The molecule has 3 atom stereocenters. The summed E-state index contributed by atoms with van der Waals surface area (Å²) in [5.74, 6) is 0.463. The molecule has 0 radical (unpaired) electrons. The van der Waals surface area contributed by atoms with E-state index in [2.05, 4.69) is 10.4 Å². The van der Waals surface area contributed by atoms with Gasteiger partial charge in [0.05, 0.1) is 17.7 Å². The van der Waals surface area contributed by atoms with Gasteiger partial charge in [0, 0.05) is 25.7 Å². The molecule has 0 spiro atoms. The summed E-state index contributed by atoms with van der Waals surface area (Å²) >= 11 is 0. The fraction of sp³-hybridized carbons (Fsp3) is 0.688. The van der Waals surface area contributed by atoms with Crippen molar-refractivity contribution < 1.29 is 9.59 Å². The van der Waals surface area contributed by atoms with E-state index in [0.717, 1.165) is 43.6 Å². The van der Waals surface area contributed by atoms with E-state index in [1.807, 2.05) is 20.0 Å². The lowest BCUT2D eigenvalue weighted by Gasteiger charge is -2.32. The number of carbonyl (C=O) groups excluding carboxylic acids is 2. The Morgan fingerprint density at radius 2 is 2.09 bits per heavy atom. The van der Waals surface area contributed by atoms with Gasteiger partial charge >= 0.3 is 0 Å². The van der Waals surface area contributed by atoms with Gasteiger partial charge in [-0.15, -0.1) is 0 Å². The lowest BCUT2D eigenvalue weighted by Crippen LogP contribution is -2.51. The Kier molecular flexibility index (Phi) is 4.39. The number of primary amides is 1.